The maximum absolute atomic E-state index is 12.6. The van der Waals surface area contributed by atoms with Crippen molar-refractivity contribution in [3.63, 3.8) is 0 Å². The number of thiazole rings is 1. The molecule has 1 fully saturated rings. The Kier molecular flexibility index (Phi) is 6.71. The van der Waals surface area contributed by atoms with Crippen molar-refractivity contribution in [3.05, 3.63) is 65.4 Å². The van der Waals surface area contributed by atoms with Gasteiger partial charge in [0.05, 0.1) is 25.3 Å². The van der Waals surface area contributed by atoms with Crippen molar-refractivity contribution in [3.8, 4) is 16.3 Å². The number of rotatable bonds is 8. The predicted octanol–water partition coefficient (Wildman–Crippen LogP) is 3.71. The van der Waals surface area contributed by atoms with Crippen LogP contribution in [0.15, 0.2) is 54.2 Å². The minimum atomic E-state index is -0.00914. The highest BCUT2D eigenvalue weighted by Crippen LogP contribution is 2.27. The zero-order valence-electron chi connectivity index (χ0n) is 17.1. The molecule has 1 aliphatic heterocycles. The first kappa shape index (κ1) is 20.5. The molecule has 0 radical (unpaired) electrons. The lowest BCUT2D eigenvalue weighted by Gasteiger charge is -2.28. The van der Waals surface area contributed by atoms with Crippen LogP contribution in [0, 0.1) is 0 Å². The summed E-state index contributed by atoms with van der Waals surface area (Å²) in [4.78, 5) is 23.8. The molecule has 0 spiro atoms. The van der Waals surface area contributed by atoms with Crippen LogP contribution in [0.5, 0.6) is 5.75 Å². The second kappa shape index (κ2) is 9.82. The van der Waals surface area contributed by atoms with Crippen molar-refractivity contribution in [1.82, 2.24) is 20.2 Å². The van der Waals surface area contributed by atoms with E-state index in [1.165, 1.54) is 29.7 Å². The quantitative estimate of drug-likeness (QED) is 0.599. The van der Waals surface area contributed by atoms with Crippen molar-refractivity contribution in [2.75, 3.05) is 26.7 Å². The minimum absolute atomic E-state index is 0.00914. The number of nitrogens with zero attached hydrogens (tertiary/aromatic N) is 3. The Hall–Kier alpha value is -2.77. The zero-order chi connectivity index (χ0) is 20.8. The molecule has 4 rings (SSSR count). The van der Waals surface area contributed by atoms with Gasteiger partial charge in [-0.15, -0.1) is 11.3 Å². The van der Waals surface area contributed by atoms with Crippen molar-refractivity contribution in [1.29, 1.82) is 0 Å². The number of amides is 1. The van der Waals surface area contributed by atoms with Gasteiger partial charge in [-0.2, -0.15) is 0 Å². The lowest BCUT2D eigenvalue weighted by Crippen LogP contribution is -2.37. The number of benzene rings is 1. The highest BCUT2D eigenvalue weighted by atomic mass is 32.1. The van der Waals surface area contributed by atoms with E-state index in [-0.39, 0.29) is 18.4 Å². The van der Waals surface area contributed by atoms with Crippen molar-refractivity contribution < 1.29 is 9.53 Å². The van der Waals surface area contributed by atoms with Crippen LogP contribution in [-0.2, 0) is 11.2 Å². The van der Waals surface area contributed by atoms with Gasteiger partial charge >= 0.3 is 0 Å². The van der Waals surface area contributed by atoms with Gasteiger partial charge in [0.1, 0.15) is 10.8 Å². The summed E-state index contributed by atoms with van der Waals surface area (Å²) in [5.41, 5.74) is 2.93. The summed E-state index contributed by atoms with van der Waals surface area (Å²) in [7, 11) is 1.68. The standard InChI is InChI=1S/C23H26N4O2S/c1-29-20-8-4-6-17(12-20)21(27-10-2-3-11-27)15-25-22(28)13-19-16-30-23(26-19)18-7-5-9-24-14-18/h4-9,12,14,16,21H,2-3,10-11,13,15H2,1H3,(H,25,28). The van der Waals surface area contributed by atoms with Crippen molar-refractivity contribution in [2.45, 2.75) is 25.3 Å². The molecule has 0 aliphatic carbocycles. The first-order valence-corrected chi connectivity index (χ1v) is 11.1. The highest BCUT2D eigenvalue weighted by Gasteiger charge is 2.24. The van der Waals surface area contributed by atoms with E-state index < -0.39 is 0 Å². The van der Waals surface area contributed by atoms with Crippen LogP contribution >= 0.6 is 11.3 Å². The average Bonchev–Trinajstić information content (AvgIpc) is 3.47. The molecule has 2 aromatic heterocycles. The monoisotopic (exact) mass is 422 g/mol. The van der Waals surface area contributed by atoms with Crippen LogP contribution in [0.3, 0.4) is 0 Å². The molecule has 156 valence electrons. The molecule has 1 aliphatic rings. The van der Waals surface area contributed by atoms with Crippen LogP contribution < -0.4 is 10.1 Å². The molecule has 1 aromatic carbocycles. The van der Waals surface area contributed by atoms with E-state index in [4.69, 9.17) is 4.74 Å². The van der Waals surface area contributed by atoms with Gasteiger partial charge in [-0.25, -0.2) is 4.98 Å². The van der Waals surface area contributed by atoms with Gasteiger partial charge < -0.3 is 10.1 Å². The number of methoxy groups -OCH3 is 1. The Balaban J connectivity index is 1.39. The third kappa shape index (κ3) is 5.04. The molecule has 1 saturated heterocycles. The lowest BCUT2D eigenvalue weighted by atomic mass is 10.0. The van der Waals surface area contributed by atoms with E-state index in [0.717, 1.165) is 35.1 Å². The largest absolute Gasteiger partial charge is 0.497 e. The SMILES string of the molecule is COc1cccc(C(CNC(=O)Cc2csc(-c3cccnc3)n2)N2CCCC2)c1. The van der Waals surface area contributed by atoms with Gasteiger partial charge in [-0.05, 0) is 55.8 Å². The van der Waals surface area contributed by atoms with Crippen LogP contribution in [0.1, 0.15) is 30.1 Å². The summed E-state index contributed by atoms with van der Waals surface area (Å²) in [6.45, 7) is 2.68. The van der Waals surface area contributed by atoms with Gasteiger partial charge in [0.2, 0.25) is 5.91 Å². The topological polar surface area (TPSA) is 67.3 Å². The molecule has 1 N–H and O–H groups in total. The number of carbonyl (C=O) groups excluding carboxylic acids is 1. The van der Waals surface area contributed by atoms with Crippen LogP contribution in [0.2, 0.25) is 0 Å². The lowest BCUT2D eigenvalue weighted by molar-refractivity contribution is -0.120. The number of pyridine rings is 1. The Morgan fingerprint density at radius 1 is 1.27 bits per heavy atom. The van der Waals surface area contributed by atoms with Gasteiger partial charge in [-0.3, -0.25) is 14.7 Å². The molecular weight excluding hydrogens is 396 g/mol. The Labute approximate surface area is 180 Å². The Morgan fingerprint density at radius 2 is 2.13 bits per heavy atom. The summed E-state index contributed by atoms with van der Waals surface area (Å²) in [6.07, 6.45) is 6.21. The van der Waals surface area contributed by atoms with E-state index in [2.05, 4.69) is 32.3 Å². The number of ether oxygens (including phenoxy) is 1. The predicted molar refractivity (Wildman–Crippen MR) is 119 cm³/mol. The first-order valence-electron chi connectivity index (χ1n) is 10.2. The van der Waals surface area contributed by atoms with Gasteiger partial charge in [0.15, 0.2) is 0 Å². The molecule has 1 amide bonds. The fourth-order valence-corrected chi connectivity index (χ4v) is 4.62. The highest BCUT2D eigenvalue weighted by molar-refractivity contribution is 7.13. The minimum Gasteiger partial charge on any atom is -0.497 e. The maximum Gasteiger partial charge on any atom is 0.226 e. The third-order valence-electron chi connectivity index (χ3n) is 5.35. The van der Waals surface area contributed by atoms with Gasteiger partial charge in [-0.1, -0.05) is 12.1 Å². The summed E-state index contributed by atoms with van der Waals surface area (Å²) >= 11 is 1.54. The number of likely N-dealkylation sites (tertiary alicyclic amines) is 1. The summed E-state index contributed by atoms with van der Waals surface area (Å²) < 4.78 is 5.39. The molecule has 0 bridgehead atoms. The molecular formula is C23H26N4O2S. The molecule has 1 unspecified atom stereocenters. The third-order valence-corrected chi connectivity index (χ3v) is 6.29. The number of hydrogen-bond donors (Lipinski definition) is 1. The van der Waals surface area contributed by atoms with Gasteiger partial charge in [0.25, 0.3) is 0 Å². The van der Waals surface area contributed by atoms with E-state index in [1.807, 2.05) is 29.6 Å². The Morgan fingerprint density at radius 3 is 2.90 bits per heavy atom. The number of hydrogen-bond acceptors (Lipinski definition) is 6. The smallest absolute Gasteiger partial charge is 0.226 e. The van der Waals surface area contributed by atoms with Gasteiger partial charge in [0, 0.05) is 29.9 Å². The number of nitrogens with one attached hydrogen (secondary N) is 1. The zero-order valence-corrected chi connectivity index (χ0v) is 17.9. The van der Waals surface area contributed by atoms with Crippen LogP contribution in [-0.4, -0.2) is 47.5 Å². The van der Waals surface area contributed by atoms with E-state index in [9.17, 15) is 4.79 Å². The molecule has 1 atom stereocenters. The molecule has 6 nitrogen and oxygen atoms in total. The summed E-state index contributed by atoms with van der Waals surface area (Å²) in [6, 6.07) is 12.1. The van der Waals surface area contributed by atoms with Crippen LogP contribution in [0.25, 0.3) is 10.6 Å². The molecule has 3 aromatic rings. The molecule has 0 saturated carbocycles. The normalized spacial score (nSPS) is 15.1. The molecule has 7 heteroatoms. The van der Waals surface area contributed by atoms with E-state index in [0.29, 0.717) is 6.54 Å². The summed E-state index contributed by atoms with van der Waals surface area (Å²) in [5, 5.41) is 5.96. The molecule has 3 heterocycles. The average molecular weight is 423 g/mol. The number of aromatic nitrogens is 2. The van der Waals surface area contributed by atoms with Crippen LogP contribution in [0.4, 0.5) is 0 Å². The molecule has 30 heavy (non-hydrogen) atoms. The van der Waals surface area contributed by atoms with E-state index >= 15 is 0 Å². The summed E-state index contributed by atoms with van der Waals surface area (Å²) in [5.74, 6) is 0.832. The maximum atomic E-state index is 12.6. The second-order valence-electron chi connectivity index (χ2n) is 7.40. The first-order chi connectivity index (χ1) is 14.7. The van der Waals surface area contributed by atoms with Crippen molar-refractivity contribution in [2.24, 2.45) is 0 Å². The fourth-order valence-electron chi connectivity index (χ4n) is 3.81. The second-order valence-corrected chi connectivity index (χ2v) is 8.26. The fraction of sp³-hybridized carbons (Fsp3) is 0.348. The number of carbonyl (C=O) groups is 1. The van der Waals surface area contributed by atoms with E-state index in [1.54, 1.807) is 19.5 Å². The van der Waals surface area contributed by atoms with Crippen molar-refractivity contribution >= 4 is 17.2 Å². The Bertz CT molecular complexity index is 970.